The van der Waals surface area contributed by atoms with Crippen molar-refractivity contribution in [2.75, 3.05) is 11.9 Å². The highest BCUT2D eigenvalue weighted by Crippen LogP contribution is 2.18. The van der Waals surface area contributed by atoms with Crippen LogP contribution in [0, 0.1) is 13.8 Å². The van der Waals surface area contributed by atoms with Gasteiger partial charge in [0.2, 0.25) is 5.91 Å². The van der Waals surface area contributed by atoms with Gasteiger partial charge in [-0.15, -0.1) is 0 Å². The van der Waals surface area contributed by atoms with Crippen LogP contribution in [0.4, 0.5) is 5.69 Å². The normalized spacial score (nSPS) is 10.1. The summed E-state index contributed by atoms with van der Waals surface area (Å²) >= 11 is 0. The van der Waals surface area contributed by atoms with Crippen LogP contribution in [0.5, 0.6) is 0 Å². The number of aryl methyl sites for hydroxylation is 2. The summed E-state index contributed by atoms with van der Waals surface area (Å²) in [5.41, 5.74) is 3.24. The number of Topliss-reactive ketones (excluding diaryl/α,β-unsaturated/α-hetero) is 1. The van der Waals surface area contributed by atoms with Gasteiger partial charge < -0.3 is 9.69 Å². The number of hydrogen-bond acceptors (Lipinski definition) is 2. The highest BCUT2D eigenvalue weighted by atomic mass is 16.2. The summed E-state index contributed by atoms with van der Waals surface area (Å²) in [6.45, 7) is 5.56. The monoisotopic (exact) mass is 233 g/mol. The Morgan fingerprint density at radius 3 is 2.29 bits per heavy atom. The highest BCUT2D eigenvalue weighted by molar-refractivity contribution is 5.95. The number of ketones is 1. The van der Waals surface area contributed by atoms with Crippen molar-refractivity contribution in [1.29, 1.82) is 0 Å². The molecule has 0 spiro atoms. The molecule has 0 bridgehead atoms. The first kappa shape index (κ1) is 13.4. The molecule has 3 heteroatoms. The largest absolute Gasteiger partial charge is 0.315 e. The van der Waals surface area contributed by atoms with Gasteiger partial charge in [0.15, 0.2) is 0 Å². The SMILES string of the molecule is CC(=O)CCC(=O)N(C)c1ccc(C)c(C)c1. The van der Waals surface area contributed by atoms with E-state index in [1.54, 1.807) is 11.9 Å². The minimum atomic E-state index is -0.0246. The van der Waals surface area contributed by atoms with Gasteiger partial charge in [0, 0.05) is 25.6 Å². The van der Waals surface area contributed by atoms with Crippen LogP contribution in [0.15, 0.2) is 18.2 Å². The van der Waals surface area contributed by atoms with Gasteiger partial charge in [-0.1, -0.05) is 6.07 Å². The van der Waals surface area contributed by atoms with Crippen LogP contribution in [0.25, 0.3) is 0 Å². The number of carbonyl (C=O) groups is 2. The molecule has 0 fully saturated rings. The number of rotatable bonds is 4. The predicted octanol–water partition coefficient (Wildman–Crippen LogP) is 2.64. The summed E-state index contributed by atoms with van der Waals surface area (Å²) < 4.78 is 0. The topological polar surface area (TPSA) is 37.4 Å². The smallest absolute Gasteiger partial charge is 0.227 e. The molecule has 1 amide bonds. The van der Waals surface area contributed by atoms with Crippen molar-refractivity contribution in [3.05, 3.63) is 29.3 Å². The van der Waals surface area contributed by atoms with E-state index >= 15 is 0 Å². The summed E-state index contributed by atoms with van der Waals surface area (Å²) in [6, 6.07) is 5.91. The highest BCUT2D eigenvalue weighted by Gasteiger charge is 2.11. The second kappa shape index (κ2) is 5.62. The molecule has 0 radical (unpaired) electrons. The van der Waals surface area contributed by atoms with Crippen LogP contribution >= 0.6 is 0 Å². The van der Waals surface area contributed by atoms with Crippen LogP contribution in [-0.4, -0.2) is 18.7 Å². The maximum absolute atomic E-state index is 11.8. The van der Waals surface area contributed by atoms with E-state index in [0.717, 1.165) is 11.3 Å². The third kappa shape index (κ3) is 3.70. The van der Waals surface area contributed by atoms with E-state index < -0.39 is 0 Å². The zero-order valence-electron chi connectivity index (χ0n) is 10.9. The molecule has 0 aromatic heterocycles. The average molecular weight is 233 g/mol. The van der Waals surface area contributed by atoms with Crippen molar-refractivity contribution < 1.29 is 9.59 Å². The fourth-order valence-corrected chi connectivity index (χ4v) is 1.53. The predicted molar refractivity (Wildman–Crippen MR) is 69.2 cm³/mol. The Balaban J connectivity index is 2.74. The van der Waals surface area contributed by atoms with Crippen LogP contribution < -0.4 is 4.90 Å². The first-order valence-corrected chi connectivity index (χ1v) is 5.75. The number of nitrogens with zero attached hydrogens (tertiary/aromatic N) is 1. The van der Waals surface area contributed by atoms with Gasteiger partial charge >= 0.3 is 0 Å². The molecule has 0 heterocycles. The van der Waals surface area contributed by atoms with Crippen LogP contribution in [0.1, 0.15) is 30.9 Å². The van der Waals surface area contributed by atoms with Crippen molar-refractivity contribution in [3.63, 3.8) is 0 Å². The molecule has 17 heavy (non-hydrogen) atoms. The summed E-state index contributed by atoms with van der Waals surface area (Å²) in [5.74, 6) is 0.0234. The lowest BCUT2D eigenvalue weighted by molar-refractivity contribution is -0.122. The molecule has 92 valence electrons. The van der Waals surface area contributed by atoms with E-state index in [-0.39, 0.29) is 18.1 Å². The number of hydrogen-bond donors (Lipinski definition) is 0. The van der Waals surface area contributed by atoms with Crippen molar-refractivity contribution in [2.24, 2.45) is 0 Å². The Labute approximate surface area is 102 Å². The van der Waals surface area contributed by atoms with E-state index in [1.165, 1.54) is 12.5 Å². The molecule has 0 N–H and O–H groups in total. The lowest BCUT2D eigenvalue weighted by atomic mass is 10.1. The van der Waals surface area contributed by atoms with Crippen LogP contribution in [0.2, 0.25) is 0 Å². The Kier molecular flexibility index (Phi) is 4.44. The van der Waals surface area contributed by atoms with Gasteiger partial charge in [-0.25, -0.2) is 0 Å². The third-order valence-electron chi connectivity index (χ3n) is 2.94. The van der Waals surface area contributed by atoms with Crippen molar-refractivity contribution in [3.8, 4) is 0 Å². The van der Waals surface area contributed by atoms with Gasteiger partial charge in [0.25, 0.3) is 0 Å². The lowest BCUT2D eigenvalue weighted by Gasteiger charge is -2.18. The Morgan fingerprint density at radius 2 is 1.76 bits per heavy atom. The maximum atomic E-state index is 11.8. The molecule has 0 saturated heterocycles. The number of benzene rings is 1. The molecule has 0 atom stereocenters. The van der Waals surface area contributed by atoms with Gasteiger partial charge in [0.1, 0.15) is 5.78 Å². The summed E-state index contributed by atoms with van der Waals surface area (Å²) in [6.07, 6.45) is 0.590. The Bertz CT molecular complexity index is 438. The van der Waals surface area contributed by atoms with E-state index in [4.69, 9.17) is 0 Å². The third-order valence-corrected chi connectivity index (χ3v) is 2.94. The summed E-state index contributed by atoms with van der Waals surface area (Å²) in [4.78, 5) is 24.3. The average Bonchev–Trinajstić information content (AvgIpc) is 2.28. The minimum Gasteiger partial charge on any atom is -0.315 e. The second-order valence-corrected chi connectivity index (χ2v) is 4.42. The fraction of sp³-hybridized carbons (Fsp3) is 0.429. The standard InChI is InChI=1S/C14H19NO2/c1-10-5-7-13(9-11(10)2)15(4)14(17)8-6-12(3)16/h5,7,9H,6,8H2,1-4H3. The number of amides is 1. The van der Waals surface area contributed by atoms with E-state index in [9.17, 15) is 9.59 Å². The zero-order chi connectivity index (χ0) is 13.0. The van der Waals surface area contributed by atoms with Gasteiger partial charge in [-0.05, 0) is 44.0 Å². The second-order valence-electron chi connectivity index (χ2n) is 4.42. The summed E-state index contributed by atoms with van der Waals surface area (Å²) in [7, 11) is 1.74. The molecule has 0 aliphatic carbocycles. The molecule has 0 aliphatic heterocycles. The molecule has 1 rings (SSSR count). The van der Waals surface area contributed by atoms with Crippen molar-refractivity contribution in [1.82, 2.24) is 0 Å². The van der Waals surface area contributed by atoms with E-state index in [0.29, 0.717) is 6.42 Å². The van der Waals surface area contributed by atoms with Gasteiger partial charge in [-0.2, -0.15) is 0 Å². The first-order chi connectivity index (χ1) is 7.91. The Hall–Kier alpha value is -1.64. The van der Waals surface area contributed by atoms with Crippen LogP contribution in [0.3, 0.4) is 0 Å². The van der Waals surface area contributed by atoms with Gasteiger partial charge in [-0.3, -0.25) is 4.79 Å². The molecule has 0 saturated carbocycles. The molecule has 1 aromatic carbocycles. The molecule has 3 nitrogen and oxygen atoms in total. The molecule has 0 aliphatic rings. The summed E-state index contributed by atoms with van der Waals surface area (Å²) in [5, 5.41) is 0. The van der Waals surface area contributed by atoms with E-state index in [2.05, 4.69) is 0 Å². The van der Waals surface area contributed by atoms with Crippen LogP contribution in [-0.2, 0) is 9.59 Å². The number of carbonyl (C=O) groups excluding carboxylic acids is 2. The van der Waals surface area contributed by atoms with Crippen molar-refractivity contribution >= 4 is 17.4 Å². The molecule has 0 unspecified atom stereocenters. The zero-order valence-corrected chi connectivity index (χ0v) is 10.9. The number of anilines is 1. The van der Waals surface area contributed by atoms with Crippen molar-refractivity contribution in [2.45, 2.75) is 33.6 Å². The Morgan fingerprint density at radius 1 is 1.12 bits per heavy atom. The minimum absolute atomic E-state index is 0.0246. The maximum Gasteiger partial charge on any atom is 0.227 e. The van der Waals surface area contributed by atoms with E-state index in [1.807, 2.05) is 32.0 Å². The first-order valence-electron chi connectivity index (χ1n) is 5.75. The van der Waals surface area contributed by atoms with Gasteiger partial charge in [0.05, 0.1) is 0 Å². The fourth-order valence-electron chi connectivity index (χ4n) is 1.53. The molecule has 1 aromatic rings. The molecular formula is C14H19NO2. The lowest BCUT2D eigenvalue weighted by Crippen LogP contribution is -2.26. The quantitative estimate of drug-likeness (QED) is 0.801. The molecular weight excluding hydrogens is 214 g/mol.